The van der Waals surface area contributed by atoms with Crippen molar-refractivity contribution in [3.63, 3.8) is 0 Å². The summed E-state index contributed by atoms with van der Waals surface area (Å²) in [6, 6.07) is 2.06. The van der Waals surface area contributed by atoms with Crippen LogP contribution < -0.4 is 10.2 Å². The van der Waals surface area contributed by atoms with E-state index < -0.39 is 0 Å². The summed E-state index contributed by atoms with van der Waals surface area (Å²) in [5, 5.41) is 3.26. The van der Waals surface area contributed by atoms with Crippen LogP contribution in [0.2, 0.25) is 0 Å². The summed E-state index contributed by atoms with van der Waals surface area (Å²) in [5.41, 5.74) is 1.01. The van der Waals surface area contributed by atoms with E-state index in [1.165, 1.54) is 0 Å². The van der Waals surface area contributed by atoms with Gasteiger partial charge in [0.1, 0.15) is 5.82 Å². The van der Waals surface area contributed by atoms with Gasteiger partial charge < -0.3 is 15.0 Å². The van der Waals surface area contributed by atoms with Gasteiger partial charge in [-0.15, -0.1) is 0 Å². The van der Waals surface area contributed by atoms with Gasteiger partial charge in [0.25, 0.3) is 0 Å². The number of rotatable bonds is 5. The van der Waals surface area contributed by atoms with E-state index >= 15 is 0 Å². The maximum absolute atomic E-state index is 5.40. The second-order valence-electron chi connectivity index (χ2n) is 5.04. The molecular formula is C14H24N4O. The number of anilines is 2. The Labute approximate surface area is 115 Å². The monoisotopic (exact) mass is 264 g/mol. The molecule has 1 aromatic rings. The van der Waals surface area contributed by atoms with Crippen LogP contribution in [-0.4, -0.2) is 42.8 Å². The predicted molar refractivity (Wildman–Crippen MR) is 77.8 cm³/mol. The molecule has 0 unspecified atom stereocenters. The lowest BCUT2D eigenvalue weighted by atomic mass is 10.1. The fourth-order valence-corrected chi connectivity index (χ4v) is 2.35. The van der Waals surface area contributed by atoms with Crippen LogP contribution in [0.25, 0.3) is 0 Å². The molecule has 0 bridgehead atoms. The quantitative estimate of drug-likeness (QED) is 0.883. The molecule has 1 aliphatic heterocycles. The van der Waals surface area contributed by atoms with E-state index in [1.54, 1.807) is 7.11 Å². The third kappa shape index (κ3) is 3.80. The Balaban J connectivity index is 2.05. The number of aryl methyl sites for hydroxylation is 1. The van der Waals surface area contributed by atoms with Gasteiger partial charge in [-0.3, -0.25) is 0 Å². The normalized spacial score (nSPS) is 16.7. The topological polar surface area (TPSA) is 50.3 Å². The Morgan fingerprint density at radius 3 is 2.74 bits per heavy atom. The zero-order chi connectivity index (χ0) is 13.7. The van der Waals surface area contributed by atoms with Crippen LogP contribution >= 0.6 is 0 Å². The molecule has 1 fully saturated rings. The van der Waals surface area contributed by atoms with Crippen molar-refractivity contribution in [3.8, 4) is 0 Å². The molecule has 0 saturated carbocycles. The van der Waals surface area contributed by atoms with Crippen molar-refractivity contribution in [2.45, 2.75) is 39.2 Å². The van der Waals surface area contributed by atoms with Gasteiger partial charge in [-0.25, -0.2) is 4.98 Å². The lowest BCUT2D eigenvalue weighted by molar-refractivity contribution is 0.0818. The second kappa shape index (κ2) is 6.70. The van der Waals surface area contributed by atoms with Gasteiger partial charge in [-0.05, 0) is 26.2 Å². The fraction of sp³-hybridized carbons (Fsp3) is 0.714. The molecule has 0 amide bonds. The van der Waals surface area contributed by atoms with Crippen LogP contribution in [0.5, 0.6) is 0 Å². The maximum Gasteiger partial charge on any atom is 0.224 e. The van der Waals surface area contributed by atoms with Crippen LogP contribution in [0.1, 0.15) is 31.9 Å². The van der Waals surface area contributed by atoms with Crippen LogP contribution in [0, 0.1) is 6.92 Å². The first-order chi connectivity index (χ1) is 9.22. The SMILES string of the molecule is CCCNc1nc(C)cc(N2CCC(OC)CC2)n1. The number of hydrogen-bond acceptors (Lipinski definition) is 5. The van der Waals surface area contributed by atoms with E-state index in [9.17, 15) is 0 Å². The summed E-state index contributed by atoms with van der Waals surface area (Å²) >= 11 is 0. The number of piperidine rings is 1. The van der Waals surface area contributed by atoms with E-state index in [0.717, 1.165) is 56.4 Å². The van der Waals surface area contributed by atoms with Crippen molar-refractivity contribution in [2.24, 2.45) is 0 Å². The van der Waals surface area contributed by atoms with E-state index in [0.29, 0.717) is 6.10 Å². The molecule has 0 aliphatic carbocycles. The summed E-state index contributed by atoms with van der Waals surface area (Å²) in [4.78, 5) is 11.4. The minimum atomic E-state index is 0.400. The highest BCUT2D eigenvalue weighted by atomic mass is 16.5. The van der Waals surface area contributed by atoms with Gasteiger partial charge in [0.2, 0.25) is 5.95 Å². The molecule has 2 heterocycles. The zero-order valence-corrected chi connectivity index (χ0v) is 12.1. The second-order valence-corrected chi connectivity index (χ2v) is 5.04. The van der Waals surface area contributed by atoms with Gasteiger partial charge in [0, 0.05) is 38.5 Å². The van der Waals surface area contributed by atoms with Crippen molar-refractivity contribution in [1.82, 2.24) is 9.97 Å². The molecule has 1 aliphatic rings. The molecule has 0 atom stereocenters. The van der Waals surface area contributed by atoms with Gasteiger partial charge in [0.15, 0.2) is 0 Å². The summed E-state index contributed by atoms with van der Waals surface area (Å²) in [6.45, 7) is 7.07. The van der Waals surface area contributed by atoms with Gasteiger partial charge in [-0.1, -0.05) is 6.92 Å². The molecule has 1 aromatic heterocycles. The molecule has 0 spiro atoms. The highest BCUT2D eigenvalue weighted by molar-refractivity contribution is 5.45. The molecule has 19 heavy (non-hydrogen) atoms. The van der Waals surface area contributed by atoms with E-state index in [2.05, 4.69) is 33.2 Å². The maximum atomic E-state index is 5.40. The lowest BCUT2D eigenvalue weighted by Crippen LogP contribution is -2.37. The summed E-state index contributed by atoms with van der Waals surface area (Å²) in [7, 11) is 1.79. The molecule has 5 heteroatoms. The molecule has 1 N–H and O–H groups in total. The predicted octanol–water partition coefficient (Wildman–Crippen LogP) is 2.22. The minimum Gasteiger partial charge on any atom is -0.381 e. The first-order valence-electron chi connectivity index (χ1n) is 7.10. The van der Waals surface area contributed by atoms with Gasteiger partial charge in [0.05, 0.1) is 6.10 Å². The van der Waals surface area contributed by atoms with E-state index in [-0.39, 0.29) is 0 Å². The summed E-state index contributed by atoms with van der Waals surface area (Å²) in [5.74, 6) is 1.77. The Kier molecular flexibility index (Phi) is 4.96. The third-order valence-electron chi connectivity index (χ3n) is 3.47. The van der Waals surface area contributed by atoms with Crippen LogP contribution in [-0.2, 0) is 4.74 Å². The first-order valence-corrected chi connectivity index (χ1v) is 7.10. The molecule has 0 aromatic carbocycles. The molecule has 5 nitrogen and oxygen atoms in total. The fourth-order valence-electron chi connectivity index (χ4n) is 2.35. The largest absolute Gasteiger partial charge is 0.381 e. The number of nitrogens with one attached hydrogen (secondary N) is 1. The number of aromatic nitrogens is 2. The number of ether oxygens (including phenoxy) is 1. The van der Waals surface area contributed by atoms with Crippen LogP contribution in [0.4, 0.5) is 11.8 Å². The Morgan fingerprint density at radius 2 is 2.11 bits per heavy atom. The van der Waals surface area contributed by atoms with Gasteiger partial charge in [-0.2, -0.15) is 4.98 Å². The first kappa shape index (κ1) is 14.1. The molecular weight excluding hydrogens is 240 g/mol. The van der Waals surface area contributed by atoms with Crippen molar-refractivity contribution in [2.75, 3.05) is 37.0 Å². The lowest BCUT2D eigenvalue weighted by Gasteiger charge is -2.32. The summed E-state index contributed by atoms with van der Waals surface area (Å²) < 4.78 is 5.40. The van der Waals surface area contributed by atoms with Crippen molar-refractivity contribution in [3.05, 3.63) is 11.8 Å². The Bertz CT molecular complexity index is 402. The molecule has 2 rings (SSSR count). The van der Waals surface area contributed by atoms with Gasteiger partial charge >= 0.3 is 0 Å². The average molecular weight is 264 g/mol. The Hall–Kier alpha value is -1.36. The Morgan fingerprint density at radius 1 is 1.37 bits per heavy atom. The molecule has 0 radical (unpaired) electrons. The number of hydrogen-bond donors (Lipinski definition) is 1. The number of nitrogens with zero attached hydrogens (tertiary/aromatic N) is 3. The average Bonchev–Trinajstić information content (AvgIpc) is 2.44. The summed E-state index contributed by atoms with van der Waals surface area (Å²) in [6.07, 6.45) is 3.61. The number of methoxy groups -OCH3 is 1. The minimum absolute atomic E-state index is 0.400. The highest BCUT2D eigenvalue weighted by Crippen LogP contribution is 2.21. The van der Waals surface area contributed by atoms with Crippen molar-refractivity contribution < 1.29 is 4.74 Å². The van der Waals surface area contributed by atoms with Crippen molar-refractivity contribution in [1.29, 1.82) is 0 Å². The third-order valence-corrected chi connectivity index (χ3v) is 3.47. The van der Waals surface area contributed by atoms with Crippen LogP contribution in [0.3, 0.4) is 0 Å². The highest BCUT2D eigenvalue weighted by Gasteiger charge is 2.20. The molecule has 1 saturated heterocycles. The van der Waals surface area contributed by atoms with Crippen LogP contribution in [0.15, 0.2) is 6.07 Å². The van der Waals surface area contributed by atoms with E-state index in [4.69, 9.17) is 4.74 Å². The zero-order valence-electron chi connectivity index (χ0n) is 12.1. The van der Waals surface area contributed by atoms with E-state index in [1.807, 2.05) is 6.92 Å². The smallest absolute Gasteiger partial charge is 0.224 e. The standard InChI is InChI=1S/C14H24N4O/c1-4-7-15-14-16-11(2)10-13(17-14)18-8-5-12(19-3)6-9-18/h10,12H,4-9H2,1-3H3,(H,15,16,17). The van der Waals surface area contributed by atoms with Crippen molar-refractivity contribution >= 4 is 11.8 Å². The molecule has 106 valence electrons.